The first kappa shape index (κ1) is 20.2. The Hall–Kier alpha value is -2.70. The number of nitrogens with one attached hydrogen (secondary N) is 1. The highest BCUT2D eigenvalue weighted by atomic mass is 16.5. The van der Waals surface area contributed by atoms with E-state index in [4.69, 9.17) is 9.84 Å². The molecule has 3 aliphatic rings. The van der Waals surface area contributed by atoms with E-state index in [1.165, 1.54) is 24.1 Å². The van der Waals surface area contributed by atoms with Crippen LogP contribution in [0.15, 0.2) is 54.6 Å². The number of benzene rings is 2. The summed E-state index contributed by atoms with van der Waals surface area (Å²) >= 11 is 0. The zero-order chi connectivity index (χ0) is 21.4. The minimum atomic E-state index is -0.984. The van der Waals surface area contributed by atoms with Crippen LogP contribution in [0.3, 0.4) is 0 Å². The lowest BCUT2D eigenvalue weighted by Crippen LogP contribution is -2.47. The summed E-state index contributed by atoms with van der Waals surface area (Å²) < 4.78 is 6.27. The molecule has 6 nitrogen and oxygen atoms in total. The van der Waals surface area contributed by atoms with Crippen LogP contribution in [0, 0.1) is 0 Å². The first-order valence-electron chi connectivity index (χ1n) is 11.1. The SMILES string of the molecule is O=C(O)c1ccc(C(=O)N2CCC3(CC2)CC(N[C@@H]2C[C@H]2c2ccccc2)CO3)cc1. The van der Waals surface area contributed by atoms with E-state index in [1.807, 2.05) is 4.90 Å². The van der Waals surface area contributed by atoms with Crippen molar-refractivity contribution < 1.29 is 19.4 Å². The number of hydrogen-bond donors (Lipinski definition) is 2. The molecule has 2 N–H and O–H groups in total. The zero-order valence-electron chi connectivity index (χ0n) is 17.5. The van der Waals surface area contributed by atoms with Gasteiger partial charge in [0.1, 0.15) is 0 Å². The number of rotatable bonds is 5. The monoisotopic (exact) mass is 420 g/mol. The highest BCUT2D eigenvalue weighted by Crippen LogP contribution is 2.43. The summed E-state index contributed by atoms with van der Waals surface area (Å²) in [4.78, 5) is 25.7. The first-order chi connectivity index (χ1) is 15.0. The predicted octanol–water partition coefficient (Wildman–Crippen LogP) is 3.29. The average molecular weight is 421 g/mol. The second-order valence-electron chi connectivity index (χ2n) is 9.10. The topological polar surface area (TPSA) is 78.9 Å². The molecular weight excluding hydrogens is 392 g/mol. The maximum absolute atomic E-state index is 12.8. The summed E-state index contributed by atoms with van der Waals surface area (Å²) in [5.41, 5.74) is 2.02. The van der Waals surface area contributed by atoms with E-state index in [-0.39, 0.29) is 17.1 Å². The van der Waals surface area contributed by atoms with Crippen LogP contribution in [-0.2, 0) is 4.74 Å². The van der Waals surface area contributed by atoms with E-state index >= 15 is 0 Å². The van der Waals surface area contributed by atoms with E-state index in [2.05, 4.69) is 35.6 Å². The van der Waals surface area contributed by atoms with Gasteiger partial charge in [-0.15, -0.1) is 0 Å². The molecule has 2 saturated heterocycles. The summed E-state index contributed by atoms with van der Waals surface area (Å²) in [5, 5.41) is 12.8. The van der Waals surface area contributed by atoms with Gasteiger partial charge in [0.25, 0.3) is 5.91 Å². The molecule has 1 aliphatic carbocycles. The minimum Gasteiger partial charge on any atom is -0.478 e. The van der Waals surface area contributed by atoms with Gasteiger partial charge in [-0.1, -0.05) is 30.3 Å². The lowest BCUT2D eigenvalue weighted by molar-refractivity contribution is -0.0389. The molecule has 0 bridgehead atoms. The number of hydrogen-bond acceptors (Lipinski definition) is 4. The molecule has 1 saturated carbocycles. The Kier molecular flexibility index (Phi) is 5.28. The maximum atomic E-state index is 12.8. The van der Waals surface area contributed by atoms with Gasteiger partial charge < -0.3 is 20.1 Å². The number of nitrogens with zero attached hydrogens (tertiary/aromatic N) is 1. The molecule has 162 valence electrons. The molecule has 31 heavy (non-hydrogen) atoms. The molecule has 6 heteroatoms. The number of carbonyl (C=O) groups is 2. The molecule has 1 amide bonds. The van der Waals surface area contributed by atoms with Crippen molar-refractivity contribution in [1.82, 2.24) is 10.2 Å². The fourth-order valence-corrected chi connectivity index (χ4v) is 5.11. The quantitative estimate of drug-likeness (QED) is 0.776. The van der Waals surface area contributed by atoms with Gasteiger partial charge >= 0.3 is 5.97 Å². The van der Waals surface area contributed by atoms with Gasteiger partial charge in [0.05, 0.1) is 17.8 Å². The van der Waals surface area contributed by atoms with Crippen molar-refractivity contribution in [2.75, 3.05) is 19.7 Å². The van der Waals surface area contributed by atoms with E-state index in [9.17, 15) is 9.59 Å². The van der Waals surface area contributed by atoms with Crippen LogP contribution < -0.4 is 5.32 Å². The van der Waals surface area contributed by atoms with Gasteiger partial charge in [-0.05, 0) is 55.5 Å². The highest BCUT2D eigenvalue weighted by Gasteiger charge is 2.46. The second kappa shape index (κ2) is 8.09. The van der Waals surface area contributed by atoms with Crippen LogP contribution in [0.5, 0.6) is 0 Å². The molecule has 0 radical (unpaired) electrons. The van der Waals surface area contributed by atoms with Crippen LogP contribution in [0.2, 0.25) is 0 Å². The first-order valence-corrected chi connectivity index (χ1v) is 11.1. The number of ether oxygens (including phenoxy) is 1. The van der Waals surface area contributed by atoms with Crippen LogP contribution in [0.4, 0.5) is 0 Å². The maximum Gasteiger partial charge on any atom is 0.335 e. The number of carboxylic acid groups (broad SMARTS) is 1. The number of likely N-dealkylation sites (tertiary alicyclic amines) is 1. The van der Waals surface area contributed by atoms with Crippen LogP contribution in [0.25, 0.3) is 0 Å². The molecule has 3 fully saturated rings. The lowest BCUT2D eigenvalue weighted by atomic mass is 9.87. The summed E-state index contributed by atoms with van der Waals surface area (Å²) in [6.07, 6.45) is 3.88. The fraction of sp³-hybridized carbons (Fsp3) is 0.440. The van der Waals surface area contributed by atoms with E-state index in [0.717, 1.165) is 25.9 Å². The number of amides is 1. The summed E-state index contributed by atoms with van der Waals surface area (Å²) in [5.74, 6) is -0.408. The Morgan fingerprint density at radius 3 is 2.35 bits per heavy atom. The van der Waals surface area contributed by atoms with Gasteiger partial charge in [0.2, 0.25) is 0 Å². The molecule has 0 aromatic heterocycles. The minimum absolute atomic E-state index is 0.0388. The molecule has 1 spiro atoms. The Morgan fingerprint density at radius 2 is 1.68 bits per heavy atom. The standard InChI is InChI=1S/C25H28N2O4/c28-23(18-6-8-19(9-7-18)24(29)30)27-12-10-25(11-13-27)15-20(16-31-25)26-22-14-21(22)17-4-2-1-3-5-17/h1-9,20-22,26H,10-16H2,(H,29,30)/t20?,21-,22+/m0/s1. The third kappa shape index (κ3) is 4.23. The van der Waals surface area contributed by atoms with Crippen molar-refractivity contribution >= 4 is 11.9 Å². The van der Waals surface area contributed by atoms with E-state index < -0.39 is 5.97 Å². The van der Waals surface area contributed by atoms with E-state index in [1.54, 1.807) is 12.1 Å². The van der Waals surface area contributed by atoms with Gasteiger partial charge in [-0.25, -0.2) is 4.79 Å². The third-order valence-corrected chi connectivity index (χ3v) is 7.02. The number of carbonyl (C=O) groups excluding carboxylic acids is 1. The van der Waals surface area contributed by atoms with Crippen molar-refractivity contribution in [3.8, 4) is 0 Å². The van der Waals surface area contributed by atoms with Crippen molar-refractivity contribution in [3.63, 3.8) is 0 Å². The largest absolute Gasteiger partial charge is 0.478 e. The van der Waals surface area contributed by atoms with Crippen molar-refractivity contribution in [2.24, 2.45) is 0 Å². The Balaban J connectivity index is 1.12. The molecule has 2 aromatic rings. The molecule has 5 rings (SSSR count). The van der Waals surface area contributed by atoms with Crippen LogP contribution >= 0.6 is 0 Å². The van der Waals surface area contributed by atoms with Crippen molar-refractivity contribution in [3.05, 3.63) is 71.3 Å². The van der Waals surface area contributed by atoms with Crippen LogP contribution in [-0.4, -0.2) is 59.3 Å². The van der Waals surface area contributed by atoms with E-state index in [0.29, 0.717) is 36.7 Å². The summed E-state index contributed by atoms with van der Waals surface area (Å²) in [6.45, 7) is 2.08. The molecule has 3 atom stereocenters. The second-order valence-corrected chi connectivity index (χ2v) is 9.10. The van der Waals surface area contributed by atoms with Crippen molar-refractivity contribution in [2.45, 2.75) is 49.3 Å². The number of aromatic carboxylic acids is 1. The van der Waals surface area contributed by atoms with Gasteiger partial charge in [0, 0.05) is 36.7 Å². The summed E-state index contributed by atoms with van der Waals surface area (Å²) in [6, 6.07) is 17.8. The number of piperidine rings is 1. The third-order valence-electron chi connectivity index (χ3n) is 7.02. The average Bonchev–Trinajstić information content (AvgIpc) is 3.47. The normalized spacial score (nSPS) is 26.7. The smallest absolute Gasteiger partial charge is 0.335 e. The summed E-state index contributed by atoms with van der Waals surface area (Å²) in [7, 11) is 0. The van der Waals surface area contributed by atoms with Crippen LogP contribution in [0.1, 0.15) is 57.9 Å². The van der Waals surface area contributed by atoms with Crippen molar-refractivity contribution in [1.29, 1.82) is 0 Å². The Bertz CT molecular complexity index is 951. The lowest BCUT2D eigenvalue weighted by Gasteiger charge is -2.38. The number of carboxylic acids is 1. The van der Waals surface area contributed by atoms with Gasteiger partial charge in [0.15, 0.2) is 0 Å². The molecule has 2 heterocycles. The molecule has 1 unspecified atom stereocenters. The Labute approximate surface area is 182 Å². The van der Waals surface area contributed by atoms with Gasteiger partial charge in [-0.3, -0.25) is 4.79 Å². The van der Waals surface area contributed by atoms with Gasteiger partial charge in [-0.2, -0.15) is 0 Å². The molecule has 2 aromatic carbocycles. The Morgan fingerprint density at radius 1 is 1.00 bits per heavy atom. The fourth-order valence-electron chi connectivity index (χ4n) is 5.11. The zero-order valence-corrected chi connectivity index (χ0v) is 17.5. The molecular formula is C25H28N2O4. The molecule has 2 aliphatic heterocycles. The predicted molar refractivity (Wildman–Crippen MR) is 116 cm³/mol. The highest BCUT2D eigenvalue weighted by molar-refractivity contribution is 5.96.